The Morgan fingerprint density at radius 3 is 2.24 bits per heavy atom. The largest absolute Gasteiger partial charge is 0.355 e. The van der Waals surface area contributed by atoms with Crippen LogP contribution >= 0.6 is 0 Å². The number of benzene rings is 2. The summed E-state index contributed by atoms with van der Waals surface area (Å²) in [5, 5.41) is 3.11. The molecule has 29 heavy (non-hydrogen) atoms. The van der Waals surface area contributed by atoms with Gasteiger partial charge in [-0.1, -0.05) is 42.5 Å². The molecule has 0 atom stereocenters. The molecule has 5 heteroatoms. The van der Waals surface area contributed by atoms with Crippen LogP contribution in [0.2, 0.25) is 0 Å². The first kappa shape index (κ1) is 20.0. The Bertz CT molecular complexity index is 797. The van der Waals surface area contributed by atoms with Crippen LogP contribution in [-0.2, 0) is 16.8 Å². The average molecular weight is 396 g/mol. The van der Waals surface area contributed by atoms with E-state index in [2.05, 4.69) is 45.4 Å². The lowest BCUT2D eigenvalue weighted by molar-refractivity contribution is -0.123. The van der Waals surface area contributed by atoms with Crippen molar-refractivity contribution in [2.24, 2.45) is 0 Å². The van der Waals surface area contributed by atoms with Gasteiger partial charge < -0.3 is 10.2 Å². The summed E-state index contributed by atoms with van der Waals surface area (Å²) >= 11 is 0. The number of nitrogens with one attached hydrogen (secondary N) is 1. The first-order valence-corrected chi connectivity index (χ1v) is 10.7. The second-order valence-electron chi connectivity index (χ2n) is 8.30. The van der Waals surface area contributed by atoms with E-state index in [1.165, 1.54) is 17.7 Å². The van der Waals surface area contributed by atoms with E-state index < -0.39 is 5.41 Å². The number of carbonyl (C=O) groups excluding carboxylic acids is 1. The zero-order valence-corrected chi connectivity index (χ0v) is 16.9. The van der Waals surface area contributed by atoms with Crippen LogP contribution in [0, 0.1) is 5.82 Å². The second-order valence-corrected chi connectivity index (χ2v) is 8.30. The summed E-state index contributed by atoms with van der Waals surface area (Å²) in [4.78, 5) is 17.6. The zero-order chi connectivity index (χ0) is 20.1. The van der Waals surface area contributed by atoms with E-state index in [-0.39, 0.29) is 11.7 Å². The molecule has 2 aromatic carbocycles. The predicted molar refractivity (Wildman–Crippen MR) is 113 cm³/mol. The highest BCUT2D eigenvalue weighted by Crippen LogP contribution is 2.48. The van der Waals surface area contributed by atoms with Crippen LogP contribution in [0.4, 0.5) is 4.39 Å². The summed E-state index contributed by atoms with van der Waals surface area (Å²) in [5.41, 5.74) is 1.89. The molecule has 1 saturated carbocycles. The summed E-state index contributed by atoms with van der Waals surface area (Å²) in [7, 11) is 0. The number of carbonyl (C=O) groups is 1. The number of hydrogen-bond donors (Lipinski definition) is 1. The Kier molecular flexibility index (Phi) is 6.26. The normalized spacial score (nSPS) is 19.1. The fraction of sp³-hybridized carbons (Fsp3) is 0.458. The van der Waals surface area contributed by atoms with Crippen LogP contribution in [-0.4, -0.2) is 55.0 Å². The fourth-order valence-electron chi connectivity index (χ4n) is 4.23. The topological polar surface area (TPSA) is 35.6 Å². The SMILES string of the molecule is O=C(NCCCN1CCN(Cc2ccccc2)CC1)C1(c2ccc(F)cc2)CC1. The minimum atomic E-state index is -0.420. The summed E-state index contributed by atoms with van der Waals surface area (Å²) < 4.78 is 13.1. The molecule has 2 aliphatic rings. The van der Waals surface area contributed by atoms with Crippen LogP contribution in [0.3, 0.4) is 0 Å². The van der Waals surface area contributed by atoms with Gasteiger partial charge in [0.05, 0.1) is 5.41 Å². The van der Waals surface area contributed by atoms with Gasteiger partial charge in [0.2, 0.25) is 5.91 Å². The maximum atomic E-state index is 13.1. The summed E-state index contributed by atoms with van der Waals surface area (Å²) in [6.07, 6.45) is 2.67. The number of rotatable bonds is 8. The Balaban J connectivity index is 1.14. The maximum Gasteiger partial charge on any atom is 0.230 e. The molecule has 4 rings (SSSR count). The van der Waals surface area contributed by atoms with Crippen molar-refractivity contribution >= 4 is 5.91 Å². The highest BCUT2D eigenvalue weighted by atomic mass is 19.1. The molecule has 2 fully saturated rings. The molecule has 0 radical (unpaired) electrons. The molecule has 0 bridgehead atoms. The van der Waals surface area contributed by atoms with Crippen molar-refractivity contribution in [2.45, 2.75) is 31.2 Å². The Hall–Kier alpha value is -2.24. The molecule has 154 valence electrons. The number of hydrogen-bond acceptors (Lipinski definition) is 3. The van der Waals surface area contributed by atoms with Crippen molar-refractivity contribution in [1.29, 1.82) is 0 Å². The standard InChI is InChI=1S/C24H30FN3O/c25-22-9-7-21(8-10-22)24(11-12-24)23(29)26-13-4-14-27-15-17-28(18-16-27)19-20-5-2-1-3-6-20/h1-3,5-10H,4,11-19H2,(H,26,29). The lowest BCUT2D eigenvalue weighted by atomic mass is 9.95. The van der Waals surface area contributed by atoms with Crippen molar-refractivity contribution in [3.05, 3.63) is 71.5 Å². The molecule has 0 spiro atoms. The molecule has 1 amide bonds. The number of amides is 1. The van der Waals surface area contributed by atoms with Crippen molar-refractivity contribution in [2.75, 3.05) is 39.3 Å². The molecule has 1 heterocycles. The molecular weight excluding hydrogens is 365 g/mol. The van der Waals surface area contributed by atoms with Crippen LogP contribution in [0.25, 0.3) is 0 Å². The minimum Gasteiger partial charge on any atom is -0.355 e. The zero-order valence-electron chi connectivity index (χ0n) is 16.9. The van der Waals surface area contributed by atoms with Gasteiger partial charge in [-0.3, -0.25) is 9.69 Å². The molecule has 1 saturated heterocycles. The summed E-state index contributed by atoms with van der Waals surface area (Å²) in [6, 6.07) is 17.0. The first-order chi connectivity index (χ1) is 14.2. The molecular formula is C24H30FN3O. The van der Waals surface area contributed by atoms with Gasteiger partial charge in [0, 0.05) is 39.3 Å². The molecule has 1 aliphatic carbocycles. The van der Waals surface area contributed by atoms with Gasteiger partial charge in [-0.15, -0.1) is 0 Å². The summed E-state index contributed by atoms with van der Waals surface area (Å²) in [5.74, 6) is -0.161. The van der Waals surface area contributed by atoms with Gasteiger partial charge in [0.15, 0.2) is 0 Å². The summed E-state index contributed by atoms with van der Waals surface area (Å²) in [6.45, 7) is 7.09. The van der Waals surface area contributed by atoms with Gasteiger partial charge in [0.25, 0.3) is 0 Å². The molecule has 1 aliphatic heterocycles. The van der Waals surface area contributed by atoms with Crippen molar-refractivity contribution < 1.29 is 9.18 Å². The smallest absolute Gasteiger partial charge is 0.230 e. The van der Waals surface area contributed by atoms with Gasteiger partial charge in [0.1, 0.15) is 5.82 Å². The van der Waals surface area contributed by atoms with E-state index in [1.54, 1.807) is 12.1 Å². The lowest BCUT2D eigenvalue weighted by Gasteiger charge is -2.34. The Morgan fingerprint density at radius 1 is 0.931 bits per heavy atom. The number of piperazine rings is 1. The van der Waals surface area contributed by atoms with Gasteiger partial charge in [-0.05, 0) is 49.1 Å². The Labute approximate surface area is 172 Å². The van der Waals surface area contributed by atoms with Crippen molar-refractivity contribution in [1.82, 2.24) is 15.1 Å². The molecule has 4 nitrogen and oxygen atoms in total. The third-order valence-electron chi connectivity index (χ3n) is 6.23. The fourth-order valence-corrected chi connectivity index (χ4v) is 4.23. The van der Waals surface area contributed by atoms with Crippen LogP contribution in [0.1, 0.15) is 30.4 Å². The monoisotopic (exact) mass is 395 g/mol. The predicted octanol–water partition coefficient (Wildman–Crippen LogP) is 3.18. The van der Waals surface area contributed by atoms with Crippen LogP contribution in [0.5, 0.6) is 0 Å². The second kappa shape index (κ2) is 9.06. The van der Waals surface area contributed by atoms with E-state index in [9.17, 15) is 9.18 Å². The van der Waals surface area contributed by atoms with Crippen molar-refractivity contribution in [3.63, 3.8) is 0 Å². The first-order valence-electron chi connectivity index (χ1n) is 10.7. The van der Waals surface area contributed by atoms with Gasteiger partial charge in [-0.2, -0.15) is 0 Å². The van der Waals surface area contributed by atoms with E-state index in [4.69, 9.17) is 0 Å². The molecule has 0 aromatic heterocycles. The van der Waals surface area contributed by atoms with Gasteiger partial charge >= 0.3 is 0 Å². The maximum absolute atomic E-state index is 13.1. The molecule has 2 aromatic rings. The third kappa shape index (κ3) is 5.03. The lowest BCUT2D eigenvalue weighted by Crippen LogP contribution is -2.46. The Morgan fingerprint density at radius 2 is 1.59 bits per heavy atom. The van der Waals surface area contributed by atoms with Crippen molar-refractivity contribution in [3.8, 4) is 0 Å². The third-order valence-corrected chi connectivity index (χ3v) is 6.23. The number of halogens is 1. The molecule has 0 unspecified atom stereocenters. The van der Waals surface area contributed by atoms with Crippen LogP contribution in [0.15, 0.2) is 54.6 Å². The minimum absolute atomic E-state index is 0.0942. The van der Waals surface area contributed by atoms with Gasteiger partial charge in [-0.25, -0.2) is 4.39 Å². The van der Waals surface area contributed by atoms with E-state index >= 15 is 0 Å². The highest BCUT2D eigenvalue weighted by Gasteiger charge is 2.50. The van der Waals surface area contributed by atoms with Crippen LogP contribution < -0.4 is 5.32 Å². The van der Waals surface area contributed by atoms with E-state index in [1.807, 2.05) is 0 Å². The molecule has 1 N–H and O–H groups in total. The number of nitrogens with zero attached hydrogens (tertiary/aromatic N) is 2. The quantitative estimate of drug-likeness (QED) is 0.698. The van der Waals surface area contributed by atoms with E-state index in [0.717, 1.165) is 64.1 Å². The average Bonchev–Trinajstić information content (AvgIpc) is 3.56. The highest BCUT2D eigenvalue weighted by molar-refractivity contribution is 5.91. The van der Waals surface area contributed by atoms with E-state index in [0.29, 0.717) is 6.54 Å².